The standard InChI is InChI=1S/C17H29N5.HI/c1-4-19-17(20-10-15-9-14(15)3)21-7-5-13(2)16(11-21)22-8-6-18-12-22;/h6,8,12-16H,4-5,7,9-11H2,1-3H3,(H,19,20);1H. The van der Waals surface area contributed by atoms with E-state index in [0.717, 1.165) is 44.0 Å². The summed E-state index contributed by atoms with van der Waals surface area (Å²) in [5.41, 5.74) is 0. The molecule has 1 N–H and O–H groups in total. The zero-order chi connectivity index (χ0) is 15.5. The maximum Gasteiger partial charge on any atom is 0.193 e. The molecule has 1 aliphatic heterocycles. The van der Waals surface area contributed by atoms with Gasteiger partial charge in [0, 0.05) is 38.6 Å². The van der Waals surface area contributed by atoms with Gasteiger partial charge in [-0.15, -0.1) is 24.0 Å². The van der Waals surface area contributed by atoms with Crippen molar-refractivity contribution in [1.82, 2.24) is 19.8 Å². The van der Waals surface area contributed by atoms with Gasteiger partial charge in [-0.25, -0.2) is 4.98 Å². The maximum atomic E-state index is 4.90. The summed E-state index contributed by atoms with van der Waals surface area (Å²) in [6.07, 6.45) is 8.45. The number of aliphatic imine (C=N–C) groups is 1. The predicted molar refractivity (Wildman–Crippen MR) is 105 cm³/mol. The summed E-state index contributed by atoms with van der Waals surface area (Å²) in [7, 11) is 0. The van der Waals surface area contributed by atoms with Crippen molar-refractivity contribution in [3.63, 3.8) is 0 Å². The number of hydrogen-bond acceptors (Lipinski definition) is 2. The van der Waals surface area contributed by atoms with Gasteiger partial charge in [-0.2, -0.15) is 0 Å². The van der Waals surface area contributed by atoms with E-state index in [1.807, 2.05) is 12.5 Å². The molecule has 2 fully saturated rings. The average Bonchev–Trinajstić information content (AvgIpc) is 3.00. The molecule has 6 heteroatoms. The van der Waals surface area contributed by atoms with Crippen LogP contribution in [-0.4, -0.2) is 46.6 Å². The van der Waals surface area contributed by atoms with E-state index < -0.39 is 0 Å². The highest BCUT2D eigenvalue weighted by molar-refractivity contribution is 14.0. The molecule has 0 amide bonds. The highest BCUT2D eigenvalue weighted by atomic mass is 127. The molecule has 1 saturated carbocycles. The first kappa shape index (κ1) is 18.5. The molecule has 130 valence electrons. The van der Waals surface area contributed by atoms with Gasteiger partial charge in [-0.1, -0.05) is 13.8 Å². The van der Waals surface area contributed by atoms with Gasteiger partial charge in [0.2, 0.25) is 0 Å². The minimum atomic E-state index is 0. The second-order valence-electron chi connectivity index (χ2n) is 6.96. The molecule has 5 nitrogen and oxygen atoms in total. The fraction of sp³-hybridized carbons (Fsp3) is 0.765. The Morgan fingerprint density at radius 1 is 1.35 bits per heavy atom. The Morgan fingerprint density at radius 2 is 2.13 bits per heavy atom. The lowest BCUT2D eigenvalue weighted by molar-refractivity contribution is 0.189. The Hall–Kier alpha value is -0.790. The number of rotatable bonds is 4. The number of imidazole rings is 1. The minimum Gasteiger partial charge on any atom is -0.357 e. The number of aromatic nitrogens is 2. The Morgan fingerprint density at radius 3 is 2.74 bits per heavy atom. The molecule has 1 aliphatic carbocycles. The van der Waals surface area contributed by atoms with Crippen LogP contribution in [0.25, 0.3) is 0 Å². The highest BCUT2D eigenvalue weighted by Gasteiger charge is 2.33. The second kappa shape index (κ2) is 8.35. The normalized spacial score (nSPS) is 30.7. The number of nitrogens with one attached hydrogen (secondary N) is 1. The maximum absolute atomic E-state index is 4.90. The third-order valence-electron chi connectivity index (χ3n) is 5.21. The number of hydrogen-bond donors (Lipinski definition) is 1. The summed E-state index contributed by atoms with van der Waals surface area (Å²) in [6, 6.07) is 0.486. The summed E-state index contributed by atoms with van der Waals surface area (Å²) in [5, 5.41) is 3.48. The van der Waals surface area contributed by atoms with Crippen molar-refractivity contribution < 1.29 is 0 Å². The smallest absolute Gasteiger partial charge is 0.193 e. The summed E-state index contributed by atoms with van der Waals surface area (Å²) < 4.78 is 2.25. The summed E-state index contributed by atoms with van der Waals surface area (Å²) in [5.74, 6) is 3.45. The van der Waals surface area contributed by atoms with Crippen LogP contribution in [0, 0.1) is 17.8 Å². The van der Waals surface area contributed by atoms with Crippen molar-refractivity contribution in [2.45, 2.75) is 39.7 Å². The SMILES string of the molecule is CCNC(=NCC1CC1C)N1CCC(C)C(n2ccnc2)C1.I. The lowest BCUT2D eigenvalue weighted by Gasteiger charge is -2.39. The Bertz CT molecular complexity index is 501. The van der Waals surface area contributed by atoms with Crippen LogP contribution in [-0.2, 0) is 0 Å². The summed E-state index contributed by atoms with van der Waals surface area (Å²) >= 11 is 0. The number of guanidine groups is 1. The molecule has 0 radical (unpaired) electrons. The fourth-order valence-corrected chi connectivity index (χ4v) is 3.38. The molecular formula is C17H30IN5. The van der Waals surface area contributed by atoms with E-state index in [0.29, 0.717) is 12.0 Å². The van der Waals surface area contributed by atoms with Crippen LogP contribution in [0.15, 0.2) is 23.7 Å². The minimum absolute atomic E-state index is 0. The van der Waals surface area contributed by atoms with E-state index in [4.69, 9.17) is 4.99 Å². The number of likely N-dealkylation sites (tertiary alicyclic amines) is 1. The van der Waals surface area contributed by atoms with Crippen molar-refractivity contribution in [3.8, 4) is 0 Å². The average molecular weight is 431 g/mol. The van der Waals surface area contributed by atoms with Gasteiger partial charge in [0.25, 0.3) is 0 Å². The Balaban J connectivity index is 0.00000192. The first-order chi connectivity index (χ1) is 10.7. The van der Waals surface area contributed by atoms with Crippen LogP contribution in [0.5, 0.6) is 0 Å². The molecule has 2 heterocycles. The monoisotopic (exact) mass is 431 g/mol. The van der Waals surface area contributed by atoms with Crippen molar-refractivity contribution in [3.05, 3.63) is 18.7 Å². The van der Waals surface area contributed by atoms with Crippen LogP contribution in [0.4, 0.5) is 0 Å². The van der Waals surface area contributed by atoms with Gasteiger partial charge in [0.05, 0.1) is 12.4 Å². The molecule has 23 heavy (non-hydrogen) atoms. The van der Waals surface area contributed by atoms with Gasteiger partial charge >= 0.3 is 0 Å². The Labute approximate surface area is 157 Å². The zero-order valence-corrected chi connectivity index (χ0v) is 16.8. The first-order valence-electron chi connectivity index (χ1n) is 8.69. The quantitative estimate of drug-likeness (QED) is 0.453. The van der Waals surface area contributed by atoms with Crippen molar-refractivity contribution in [2.75, 3.05) is 26.2 Å². The van der Waals surface area contributed by atoms with E-state index in [-0.39, 0.29) is 24.0 Å². The molecule has 1 aromatic heterocycles. The third-order valence-corrected chi connectivity index (χ3v) is 5.21. The van der Waals surface area contributed by atoms with Gasteiger partial charge in [0.15, 0.2) is 5.96 Å². The molecule has 1 saturated heterocycles. The van der Waals surface area contributed by atoms with Crippen LogP contribution in [0.2, 0.25) is 0 Å². The van der Waals surface area contributed by atoms with Gasteiger partial charge in [-0.05, 0) is 37.5 Å². The van der Waals surface area contributed by atoms with Gasteiger partial charge in [0.1, 0.15) is 0 Å². The number of nitrogens with zero attached hydrogens (tertiary/aromatic N) is 4. The van der Waals surface area contributed by atoms with Crippen molar-refractivity contribution >= 4 is 29.9 Å². The molecule has 0 bridgehead atoms. The summed E-state index contributed by atoms with van der Waals surface area (Å²) in [4.78, 5) is 11.5. The largest absolute Gasteiger partial charge is 0.357 e. The van der Waals surface area contributed by atoms with Crippen molar-refractivity contribution in [1.29, 1.82) is 0 Å². The molecule has 2 aliphatic rings. The fourth-order valence-electron chi connectivity index (χ4n) is 3.38. The van der Waals surface area contributed by atoms with E-state index in [2.05, 4.69) is 46.7 Å². The first-order valence-corrected chi connectivity index (χ1v) is 8.69. The molecule has 4 atom stereocenters. The molecular weight excluding hydrogens is 401 g/mol. The highest BCUT2D eigenvalue weighted by Crippen LogP contribution is 2.37. The molecule has 4 unspecified atom stereocenters. The van der Waals surface area contributed by atoms with E-state index in [1.54, 1.807) is 0 Å². The van der Waals surface area contributed by atoms with E-state index in [1.165, 1.54) is 12.8 Å². The molecule has 0 spiro atoms. The number of piperidine rings is 1. The van der Waals surface area contributed by atoms with Crippen LogP contribution in [0.1, 0.15) is 39.7 Å². The molecule has 3 rings (SSSR count). The van der Waals surface area contributed by atoms with E-state index >= 15 is 0 Å². The van der Waals surface area contributed by atoms with Gasteiger partial charge in [-0.3, -0.25) is 4.99 Å². The van der Waals surface area contributed by atoms with Gasteiger partial charge < -0.3 is 14.8 Å². The molecule has 1 aromatic rings. The molecule has 0 aromatic carbocycles. The van der Waals surface area contributed by atoms with Crippen LogP contribution in [0.3, 0.4) is 0 Å². The third kappa shape index (κ3) is 4.61. The van der Waals surface area contributed by atoms with Crippen molar-refractivity contribution in [2.24, 2.45) is 22.7 Å². The van der Waals surface area contributed by atoms with E-state index in [9.17, 15) is 0 Å². The predicted octanol–water partition coefficient (Wildman–Crippen LogP) is 3.01. The van der Waals surface area contributed by atoms with Crippen LogP contribution >= 0.6 is 24.0 Å². The zero-order valence-electron chi connectivity index (χ0n) is 14.5. The lowest BCUT2D eigenvalue weighted by Crippen LogP contribution is -2.49. The number of halogens is 1. The van der Waals surface area contributed by atoms with Crippen LogP contribution < -0.4 is 5.32 Å². The Kier molecular flexibility index (Phi) is 6.73. The topological polar surface area (TPSA) is 45.5 Å². The summed E-state index contributed by atoms with van der Waals surface area (Å²) in [6.45, 7) is 10.8. The second-order valence-corrected chi connectivity index (χ2v) is 6.96. The lowest BCUT2D eigenvalue weighted by atomic mass is 9.93.